The molecule has 124 valence electrons. The first kappa shape index (κ1) is 16.3. The van der Waals surface area contributed by atoms with Crippen molar-refractivity contribution in [2.45, 2.75) is 20.1 Å². The van der Waals surface area contributed by atoms with E-state index in [0.29, 0.717) is 24.7 Å². The smallest absolute Gasteiger partial charge is 0.148 e. The van der Waals surface area contributed by atoms with Gasteiger partial charge in [0.25, 0.3) is 0 Å². The number of hydrogen-bond donors (Lipinski definition) is 1. The lowest BCUT2D eigenvalue weighted by Gasteiger charge is -2.10. The van der Waals surface area contributed by atoms with E-state index in [-0.39, 0.29) is 0 Å². The Morgan fingerprint density at radius 3 is 2.42 bits per heavy atom. The maximum absolute atomic E-state index is 5.85. The second kappa shape index (κ2) is 7.31. The van der Waals surface area contributed by atoms with Crippen molar-refractivity contribution in [3.63, 3.8) is 0 Å². The minimum atomic E-state index is 0.339. The van der Waals surface area contributed by atoms with Crippen LogP contribution in [0.5, 0.6) is 11.5 Å². The third-order valence-electron chi connectivity index (χ3n) is 3.55. The summed E-state index contributed by atoms with van der Waals surface area (Å²) in [6, 6.07) is 15.4. The summed E-state index contributed by atoms with van der Waals surface area (Å²) in [4.78, 5) is 5.04. The largest absolute Gasteiger partial charge is 0.494 e. The molecule has 2 N–H and O–H groups in total. The summed E-state index contributed by atoms with van der Waals surface area (Å²) in [5.41, 5.74) is 7.62. The van der Waals surface area contributed by atoms with Gasteiger partial charge in [-0.25, -0.2) is 4.98 Å². The van der Waals surface area contributed by atoms with Crippen molar-refractivity contribution in [3.8, 4) is 11.5 Å². The molecule has 0 fully saturated rings. The van der Waals surface area contributed by atoms with Crippen LogP contribution in [0.1, 0.15) is 12.7 Å². The van der Waals surface area contributed by atoms with Crippen LogP contribution in [0.4, 0.5) is 0 Å². The topological polar surface area (TPSA) is 62.3 Å². The van der Waals surface area contributed by atoms with E-state index in [4.69, 9.17) is 27.4 Å². The number of aromatic nitrogens is 2. The van der Waals surface area contributed by atoms with Crippen molar-refractivity contribution in [3.05, 3.63) is 54.4 Å². The van der Waals surface area contributed by atoms with E-state index in [2.05, 4.69) is 4.98 Å². The summed E-state index contributed by atoms with van der Waals surface area (Å²) in [5, 5.41) is 0. The Labute approximate surface area is 146 Å². The molecule has 5 nitrogen and oxygen atoms in total. The van der Waals surface area contributed by atoms with Crippen LogP contribution in [0.25, 0.3) is 11.0 Å². The van der Waals surface area contributed by atoms with E-state index >= 15 is 0 Å². The molecule has 0 amide bonds. The minimum Gasteiger partial charge on any atom is -0.494 e. The van der Waals surface area contributed by atoms with Gasteiger partial charge >= 0.3 is 0 Å². The third kappa shape index (κ3) is 3.65. The lowest BCUT2D eigenvalue weighted by molar-refractivity contribution is 0.290. The van der Waals surface area contributed by atoms with Gasteiger partial charge in [0.15, 0.2) is 0 Å². The van der Waals surface area contributed by atoms with Crippen LogP contribution in [0.2, 0.25) is 0 Å². The number of thiocarbonyl (C=S) groups is 1. The molecule has 2 aromatic carbocycles. The minimum absolute atomic E-state index is 0.339. The van der Waals surface area contributed by atoms with Crippen LogP contribution in [0.15, 0.2) is 48.5 Å². The summed E-state index contributed by atoms with van der Waals surface area (Å²) in [5.74, 6) is 2.37. The molecule has 1 heterocycles. The van der Waals surface area contributed by atoms with Gasteiger partial charge in [-0.2, -0.15) is 0 Å². The molecule has 0 aliphatic carbocycles. The number of imidazole rings is 1. The number of nitrogens with zero attached hydrogens (tertiary/aromatic N) is 2. The average molecular weight is 341 g/mol. The molecule has 0 saturated heterocycles. The van der Waals surface area contributed by atoms with E-state index in [0.717, 1.165) is 28.4 Å². The summed E-state index contributed by atoms with van der Waals surface area (Å²) < 4.78 is 13.3. The molecule has 0 aliphatic rings. The first-order valence-electron chi connectivity index (χ1n) is 7.75. The predicted octanol–water partition coefficient (Wildman–Crippen LogP) is 3.30. The SMILES string of the molecule is CCOc1ccc(OCc2nc3ccccc3n2CC(N)=S)cc1. The van der Waals surface area contributed by atoms with Crippen LogP contribution in [0, 0.1) is 0 Å². The zero-order valence-corrected chi connectivity index (χ0v) is 14.3. The maximum Gasteiger partial charge on any atom is 0.148 e. The first-order chi connectivity index (χ1) is 11.7. The van der Waals surface area contributed by atoms with Gasteiger partial charge in [-0.05, 0) is 43.3 Å². The van der Waals surface area contributed by atoms with Gasteiger partial charge < -0.3 is 19.8 Å². The highest BCUT2D eigenvalue weighted by atomic mass is 32.1. The molecule has 0 radical (unpaired) electrons. The summed E-state index contributed by atoms with van der Waals surface area (Å²) in [7, 11) is 0. The Morgan fingerprint density at radius 1 is 1.08 bits per heavy atom. The second-order valence-electron chi connectivity index (χ2n) is 5.26. The van der Waals surface area contributed by atoms with E-state index in [1.54, 1.807) is 0 Å². The van der Waals surface area contributed by atoms with Gasteiger partial charge in [-0.1, -0.05) is 24.4 Å². The molecule has 6 heteroatoms. The van der Waals surface area contributed by atoms with Crippen molar-refractivity contribution in [1.29, 1.82) is 0 Å². The zero-order valence-electron chi connectivity index (χ0n) is 13.4. The first-order valence-corrected chi connectivity index (χ1v) is 8.16. The number of rotatable bonds is 7. The molecule has 0 atom stereocenters. The number of hydrogen-bond acceptors (Lipinski definition) is 4. The quantitative estimate of drug-likeness (QED) is 0.668. The van der Waals surface area contributed by atoms with Crippen LogP contribution < -0.4 is 15.2 Å². The highest BCUT2D eigenvalue weighted by molar-refractivity contribution is 7.80. The lowest BCUT2D eigenvalue weighted by Crippen LogP contribution is -2.19. The lowest BCUT2D eigenvalue weighted by atomic mass is 10.3. The number of para-hydroxylation sites is 2. The predicted molar refractivity (Wildman–Crippen MR) is 98.5 cm³/mol. The van der Waals surface area contributed by atoms with Gasteiger partial charge in [-0.3, -0.25) is 0 Å². The number of ether oxygens (including phenoxy) is 2. The maximum atomic E-state index is 5.85. The molecule has 24 heavy (non-hydrogen) atoms. The van der Waals surface area contributed by atoms with Gasteiger partial charge in [0.2, 0.25) is 0 Å². The Bertz CT molecular complexity index is 843. The van der Waals surface area contributed by atoms with E-state index in [1.807, 2.05) is 60.0 Å². The number of nitrogens with two attached hydrogens (primary N) is 1. The highest BCUT2D eigenvalue weighted by Gasteiger charge is 2.11. The van der Waals surface area contributed by atoms with Crippen LogP contribution in [-0.4, -0.2) is 21.1 Å². The fourth-order valence-corrected chi connectivity index (χ4v) is 2.64. The molecular formula is C18H19N3O2S. The van der Waals surface area contributed by atoms with Crippen molar-refractivity contribution in [2.75, 3.05) is 6.61 Å². The second-order valence-corrected chi connectivity index (χ2v) is 5.79. The molecule has 1 aromatic heterocycles. The zero-order chi connectivity index (χ0) is 16.9. The van der Waals surface area contributed by atoms with Crippen molar-refractivity contribution >= 4 is 28.2 Å². The Balaban J connectivity index is 1.80. The van der Waals surface area contributed by atoms with Gasteiger partial charge in [0, 0.05) is 0 Å². The van der Waals surface area contributed by atoms with Crippen molar-refractivity contribution in [2.24, 2.45) is 5.73 Å². The third-order valence-corrected chi connectivity index (χ3v) is 3.68. The normalized spacial score (nSPS) is 10.7. The van der Waals surface area contributed by atoms with Gasteiger partial charge in [0.1, 0.15) is 23.9 Å². The van der Waals surface area contributed by atoms with Gasteiger partial charge in [0.05, 0.1) is 29.2 Å². The summed E-state index contributed by atoms with van der Waals surface area (Å²) in [6.07, 6.45) is 0. The Kier molecular flexibility index (Phi) is 4.96. The fraction of sp³-hybridized carbons (Fsp3) is 0.222. The van der Waals surface area contributed by atoms with Crippen LogP contribution in [-0.2, 0) is 13.2 Å². The molecular weight excluding hydrogens is 322 g/mol. The standard InChI is InChI=1S/C18H19N3O2S/c1-2-22-13-7-9-14(10-8-13)23-12-18-20-15-5-3-4-6-16(15)21(18)11-17(19)24/h3-10H,2,11-12H2,1H3,(H2,19,24). The molecule has 0 aliphatic heterocycles. The van der Waals surface area contributed by atoms with Gasteiger partial charge in [-0.15, -0.1) is 0 Å². The van der Waals surface area contributed by atoms with E-state index in [1.165, 1.54) is 0 Å². The van der Waals surface area contributed by atoms with Crippen molar-refractivity contribution in [1.82, 2.24) is 9.55 Å². The average Bonchev–Trinajstić information content (AvgIpc) is 2.92. The van der Waals surface area contributed by atoms with Crippen molar-refractivity contribution < 1.29 is 9.47 Å². The van der Waals surface area contributed by atoms with Crippen LogP contribution in [0.3, 0.4) is 0 Å². The van der Waals surface area contributed by atoms with E-state index in [9.17, 15) is 0 Å². The highest BCUT2D eigenvalue weighted by Crippen LogP contribution is 2.20. The number of fused-ring (bicyclic) bond motifs is 1. The molecule has 0 spiro atoms. The molecule has 0 unspecified atom stereocenters. The molecule has 3 aromatic rings. The molecule has 0 bridgehead atoms. The van der Waals surface area contributed by atoms with Crippen LogP contribution >= 0.6 is 12.2 Å². The van der Waals surface area contributed by atoms with E-state index < -0.39 is 0 Å². The molecule has 3 rings (SSSR count). The molecule has 0 saturated carbocycles. The fourth-order valence-electron chi connectivity index (χ4n) is 2.51. The number of benzene rings is 2. The summed E-state index contributed by atoms with van der Waals surface area (Å²) >= 11 is 5.06. The monoisotopic (exact) mass is 341 g/mol. The Morgan fingerprint density at radius 2 is 1.75 bits per heavy atom. The summed E-state index contributed by atoms with van der Waals surface area (Å²) in [6.45, 7) is 3.38. The Hall–Kier alpha value is -2.60.